The average molecular weight is 380 g/mol. The van der Waals surface area contributed by atoms with Gasteiger partial charge in [-0.05, 0) is 42.7 Å². The Morgan fingerprint density at radius 2 is 1.93 bits per heavy atom. The Hall–Kier alpha value is -2.99. The second-order valence-corrected chi connectivity index (χ2v) is 7.15. The minimum absolute atomic E-state index is 0.00784. The Balaban J connectivity index is 2.06. The molecule has 0 atom stereocenters. The monoisotopic (exact) mass is 380 g/mol. The number of methoxy groups -OCH3 is 1. The summed E-state index contributed by atoms with van der Waals surface area (Å²) in [5.74, 6) is -0.763. The van der Waals surface area contributed by atoms with Crippen LogP contribution in [0.1, 0.15) is 16.7 Å². The average Bonchev–Trinajstić information content (AvgIpc) is 2.98. The fourth-order valence-corrected chi connectivity index (χ4v) is 3.89. The van der Waals surface area contributed by atoms with Gasteiger partial charge in [0, 0.05) is 6.08 Å². The van der Waals surface area contributed by atoms with Crippen molar-refractivity contribution in [2.24, 2.45) is 4.99 Å². The highest BCUT2D eigenvalue weighted by atomic mass is 32.1. The standard InChI is InChI=1S/C21H20N2O3S/c1-14-11-15(2)20-17(12-14)23(13-19(25)26-3)21(27-20)22-18(24)10-9-16-7-5-4-6-8-16/h4-12H,13H2,1-3H3/b10-9+,22-21?. The summed E-state index contributed by atoms with van der Waals surface area (Å²) in [4.78, 5) is 28.9. The Morgan fingerprint density at radius 3 is 2.63 bits per heavy atom. The Labute approximate surface area is 161 Å². The van der Waals surface area contributed by atoms with Crippen LogP contribution in [0.3, 0.4) is 0 Å². The van der Waals surface area contributed by atoms with Gasteiger partial charge in [-0.1, -0.05) is 47.7 Å². The smallest absolute Gasteiger partial charge is 0.325 e. The summed E-state index contributed by atoms with van der Waals surface area (Å²) in [6.45, 7) is 4.01. The SMILES string of the molecule is COC(=O)Cn1c(=NC(=O)/C=C/c2ccccc2)sc2c(C)cc(C)cc21. The van der Waals surface area contributed by atoms with E-state index in [0.717, 1.165) is 26.9 Å². The number of carbonyl (C=O) groups is 2. The molecule has 0 bridgehead atoms. The van der Waals surface area contributed by atoms with Crippen molar-refractivity contribution < 1.29 is 14.3 Å². The van der Waals surface area contributed by atoms with E-state index in [1.165, 1.54) is 24.5 Å². The number of hydrogen-bond acceptors (Lipinski definition) is 4. The number of rotatable bonds is 4. The van der Waals surface area contributed by atoms with Gasteiger partial charge in [-0.2, -0.15) is 4.99 Å². The van der Waals surface area contributed by atoms with E-state index in [1.54, 1.807) is 10.6 Å². The molecule has 3 aromatic rings. The van der Waals surface area contributed by atoms with Gasteiger partial charge in [-0.15, -0.1) is 0 Å². The first-order valence-corrected chi connectivity index (χ1v) is 9.29. The largest absolute Gasteiger partial charge is 0.468 e. The highest BCUT2D eigenvalue weighted by Gasteiger charge is 2.13. The molecule has 1 heterocycles. The molecule has 0 unspecified atom stereocenters. The molecule has 27 heavy (non-hydrogen) atoms. The summed E-state index contributed by atoms with van der Waals surface area (Å²) in [5, 5.41) is 0. The van der Waals surface area contributed by atoms with Gasteiger partial charge in [0.1, 0.15) is 6.54 Å². The molecule has 6 heteroatoms. The third-order valence-corrected chi connectivity index (χ3v) is 5.28. The zero-order chi connectivity index (χ0) is 19.4. The lowest BCUT2D eigenvalue weighted by atomic mass is 10.1. The van der Waals surface area contributed by atoms with E-state index < -0.39 is 0 Å². The van der Waals surface area contributed by atoms with E-state index in [2.05, 4.69) is 11.1 Å². The molecular weight excluding hydrogens is 360 g/mol. The lowest BCUT2D eigenvalue weighted by Crippen LogP contribution is -2.22. The van der Waals surface area contributed by atoms with Crippen molar-refractivity contribution >= 4 is 39.5 Å². The molecule has 138 valence electrons. The van der Waals surface area contributed by atoms with Crippen LogP contribution >= 0.6 is 11.3 Å². The van der Waals surface area contributed by atoms with Crippen molar-refractivity contribution in [3.05, 3.63) is 70.0 Å². The van der Waals surface area contributed by atoms with E-state index in [1.807, 2.05) is 50.2 Å². The molecule has 0 spiro atoms. The Morgan fingerprint density at radius 1 is 1.19 bits per heavy atom. The summed E-state index contributed by atoms with van der Waals surface area (Å²) >= 11 is 1.40. The molecule has 2 aromatic carbocycles. The van der Waals surface area contributed by atoms with Crippen LogP contribution in [0.2, 0.25) is 0 Å². The quantitative estimate of drug-likeness (QED) is 0.513. The molecule has 1 aromatic heterocycles. The number of ether oxygens (including phenoxy) is 1. The van der Waals surface area contributed by atoms with Gasteiger partial charge < -0.3 is 9.30 Å². The second-order valence-electron chi connectivity index (χ2n) is 6.17. The van der Waals surface area contributed by atoms with E-state index >= 15 is 0 Å². The Bertz CT molecular complexity index is 1090. The fourth-order valence-electron chi connectivity index (χ4n) is 2.81. The first kappa shape index (κ1) is 18.8. The second kappa shape index (κ2) is 8.14. The molecule has 0 radical (unpaired) electrons. The minimum atomic E-state index is -0.386. The molecule has 0 fully saturated rings. The molecule has 5 nitrogen and oxygen atoms in total. The summed E-state index contributed by atoms with van der Waals surface area (Å²) in [5.41, 5.74) is 3.97. The van der Waals surface area contributed by atoms with Crippen molar-refractivity contribution in [2.75, 3.05) is 7.11 Å². The molecular formula is C21H20N2O3S. The van der Waals surface area contributed by atoms with Gasteiger partial charge in [-0.25, -0.2) is 0 Å². The van der Waals surface area contributed by atoms with Gasteiger partial charge in [0.15, 0.2) is 4.80 Å². The van der Waals surface area contributed by atoms with Gasteiger partial charge in [0.05, 0.1) is 17.3 Å². The normalized spacial score (nSPS) is 12.0. The van der Waals surface area contributed by atoms with Crippen LogP contribution in [0, 0.1) is 13.8 Å². The van der Waals surface area contributed by atoms with Gasteiger partial charge >= 0.3 is 5.97 Å². The molecule has 3 rings (SSSR count). The summed E-state index contributed by atoms with van der Waals surface area (Å²) in [6.07, 6.45) is 3.15. The maximum atomic E-state index is 12.3. The lowest BCUT2D eigenvalue weighted by Gasteiger charge is -2.05. The van der Waals surface area contributed by atoms with Crippen molar-refractivity contribution in [1.29, 1.82) is 0 Å². The number of aryl methyl sites for hydroxylation is 2. The number of esters is 1. The van der Waals surface area contributed by atoms with Crippen molar-refractivity contribution in [3.8, 4) is 0 Å². The number of carbonyl (C=O) groups excluding carboxylic acids is 2. The lowest BCUT2D eigenvalue weighted by molar-refractivity contribution is -0.141. The topological polar surface area (TPSA) is 60.7 Å². The van der Waals surface area contributed by atoms with Gasteiger partial charge in [0.2, 0.25) is 0 Å². The molecule has 0 saturated heterocycles. The maximum Gasteiger partial charge on any atom is 0.325 e. The van der Waals surface area contributed by atoms with Crippen molar-refractivity contribution in [3.63, 3.8) is 0 Å². The van der Waals surface area contributed by atoms with Crippen molar-refractivity contribution in [2.45, 2.75) is 20.4 Å². The minimum Gasteiger partial charge on any atom is -0.468 e. The Kier molecular flexibility index (Phi) is 5.66. The van der Waals surface area contributed by atoms with E-state index in [9.17, 15) is 9.59 Å². The van der Waals surface area contributed by atoms with Gasteiger partial charge in [0.25, 0.3) is 5.91 Å². The van der Waals surface area contributed by atoms with Crippen molar-refractivity contribution in [1.82, 2.24) is 4.57 Å². The zero-order valence-electron chi connectivity index (χ0n) is 15.4. The third kappa shape index (κ3) is 4.41. The molecule has 0 aliphatic heterocycles. The van der Waals surface area contributed by atoms with Crippen LogP contribution in [0.5, 0.6) is 0 Å². The molecule has 0 N–H and O–H groups in total. The van der Waals surface area contributed by atoms with Crippen LogP contribution in [0.15, 0.2) is 53.5 Å². The van der Waals surface area contributed by atoms with E-state index in [-0.39, 0.29) is 18.4 Å². The van der Waals surface area contributed by atoms with Crippen LogP contribution in [-0.2, 0) is 20.9 Å². The van der Waals surface area contributed by atoms with E-state index in [4.69, 9.17) is 4.74 Å². The third-order valence-electron chi connectivity index (χ3n) is 4.05. The number of amides is 1. The molecule has 0 aliphatic carbocycles. The van der Waals surface area contributed by atoms with Gasteiger partial charge in [-0.3, -0.25) is 9.59 Å². The first-order valence-electron chi connectivity index (χ1n) is 8.47. The zero-order valence-corrected chi connectivity index (χ0v) is 16.2. The van der Waals surface area contributed by atoms with Crippen LogP contribution in [0.25, 0.3) is 16.3 Å². The van der Waals surface area contributed by atoms with Crippen LogP contribution in [-0.4, -0.2) is 23.6 Å². The fraction of sp³-hybridized carbons (Fsp3) is 0.190. The summed E-state index contributed by atoms with van der Waals surface area (Å²) in [7, 11) is 1.35. The molecule has 0 saturated carbocycles. The predicted octanol–water partition coefficient (Wildman–Crippen LogP) is 3.63. The molecule has 1 amide bonds. The predicted molar refractivity (Wildman–Crippen MR) is 107 cm³/mol. The number of hydrogen-bond donors (Lipinski definition) is 0. The number of aromatic nitrogens is 1. The summed E-state index contributed by atoms with van der Waals surface area (Å²) in [6, 6.07) is 13.6. The highest BCUT2D eigenvalue weighted by molar-refractivity contribution is 7.16. The molecule has 0 aliphatic rings. The van der Waals surface area contributed by atoms with Crippen LogP contribution < -0.4 is 4.80 Å². The highest BCUT2D eigenvalue weighted by Crippen LogP contribution is 2.23. The summed E-state index contributed by atoms with van der Waals surface area (Å²) < 4.78 is 7.54. The number of fused-ring (bicyclic) bond motifs is 1. The first-order chi connectivity index (χ1) is 13.0. The number of thiazole rings is 1. The number of nitrogens with zero attached hydrogens (tertiary/aromatic N) is 2. The number of benzene rings is 2. The van der Waals surface area contributed by atoms with Crippen LogP contribution in [0.4, 0.5) is 0 Å². The maximum absolute atomic E-state index is 12.3. The van der Waals surface area contributed by atoms with E-state index in [0.29, 0.717) is 4.80 Å².